The van der Waals surface area contributed by atoms with Crippen LogP contribution < -0.4 is 10.9 Å². The van der Waals surface area contributed by atoms with Crippen LogP contribution in [-0.2, 0) is 4.79 Å². The molecule has 186 valence electrons. The lowest BCUT2D eigenvalue weighted by Gasteiger charge is -2.29. The quantitative estimate of drug-likeness (QED) is 0.360. The summed E-state index contributed by atoms with van der Waals surface area (Å²) in [5.74, 6) is 0.174. The molecule has 1 saturated carbocycles. The smallest absolute Gasteiger partial charge is 0.267 e. The fourth-order valence-corrected chi connectivity index (χ4v) is 6.21. The Kier molecular flexibility index (Phi) is 7.22. The second-order valence-corrected chi connectivity index (χ2v) is 10.9. The molecule has 2 N–H and O–H groups in total. The van der Waals surface area contributed by atoms with E-state index in [2.05, 4.69) is 5.32 Å². The summed E-state index contributed by atoms with van der Waals surface area (Å²) in [7, 11) is 0. The molecule has 0 bridgehead atoms. The van der Waals surface area contributed by atoms with Crippen molar-refractivity contribution in [2.75, 3.05) is 11.9 Å². The second kappa shape index (κ2) is 10.5. The fourth-order valence-electron chi connectivity index (χ4n) is 4.83. The first-order valence-electron chi connectivity index (χ1n) is 12.2. The molecule has 0 spiro atoms. The van der Waals surface area contributed by atoms with Gasteiger partial charge in [-0.05, 0) is 43.0 Å². The Morgan fingerprint density at radius 2 is 1.92 bits per heavy atom. The monoisotopic (exact) mass is 520 g/mol. The number of aryl methyl sites for hydroxylation is 1. The minimum Gasteiger partial charge on any atom is -0.387 e. The van der Waals surface area contributed by atoms with Gasteiger partial charge >= 0.3 is 0 Å². The maximum atomic E-state index is 13.6. The molecule has 1 saturated heterocycles. The number of anilines is 1. The minimum atomic E-state index is -0.791. The largest absolute Gasteiger partial charge is 0.387 e. The number of pyridine rings is 1. The number of fused-ring (bicyclic) bond motifs is 1. The molecular formula is C27H28N4O3S2. The van der Waals surface area contributed by atoms with Crippen LogP contribution in [0.3, 0.4) is 0 Å². The van der Waals surface area contributed by atoms with Gasteiger partial charge in [0.25, 0.3) is 11.5 Å². The summed E-state index contributed by atoms with van der Waals surface area (Å²) in [6.45, 7) is 2.04. The van der Waals surface area contributed by atoms with Gasteiger partial charge in [-0.3, -0.25) is 18.9 Å². The van der Waals surface area contributed by atoms with Crippen molar-refractivity contribution in [3.63, 3.8) is 0 Å². The summed E-state index contributed by atoms with van der Waals surface area (Å²) < 4.78 is 2.03. The van der Waals surface area contributed by atoms with Crippen LogP contribution in [0.5, 0.6) is 0 Å². The van der Waals surface area contributed by atoms with Crippen LogP contribution in [0, 0.1) is 6.92 Å². The number of aliphatic hydroxyl groups excluding tert-OH is 1. The van der Waals surface area contributed by atoms with Crippen LogP contribution in [-0.4, -0.2) is 42.2 Å². The SMILES string of the molecule is Cc1cccn2c(=O)c(/C=C3\SC(=S)N(C4CCCCC4)C3=O)c(NC[C@@H](O)c3ccccc3)nc12. The molecule has 0 unspecified atom stereocenters. The molecule has 1 aromatic carbocycles. The lowest BCUT2D eigenvalue weighted by molar-refractivity contribution is -0.124. The predicted molar refractivity (Wildman–Crippen MR) is 148 cm³/mol. The van der Waals surface area contributed by atoms with Crippen LogP contribution in [0.1, 0.15) is 54.9 Å². The summed E-state index contributed by atoms with van der Waals surface area (Å²) in [5.41, 5.74) is 2.10. The fraction of sp³-hybridized carbons (Fsp3) is 0.333. The Balaban J connectivity index is 1.52. The zero-order valence-electron chi connectivity index (χ0n) is 20.0. The number of hydrogen-bond donors (Lipinski definition) is 2. The first-order valence-corrected chi connectivity index (χ1v) is 13.4. The molecule has 1 atom stereocenters. The van der Waals surface area contributed by atoms with Gasteiger partial charge in [-0.2, -0.15) is 0 Å². The van der Waals surface area contributed by atoms with Gasteiger partial charge in [0.15, 0.2) is 0 Å². The molecule has 0 radical (unpaired) electrons. The number of aliphatic hydroxyl groups is 1. The summed E-state index contributed by atoms with van der Waals surface area (Å²) in [5, 5.41) is 13.8. The number of benzene rings is 1. The highest BCUT2D eigenvalue weighted by molar-refractivity contribution is 8.26. The number of amides is 1. The molecule has 1 aliphatic carbocycles. The third kappa shape index (κ3) is 4.83. The van der Waals surface area contributed by atoms with E-state index in [1.165, 1.54) is 22.6 Å². The maximum absolute atomic E-state index is 13.6. The zero-order valence-corrected chi connectivity index (χ0v) is 21.6. The van der Waals surface area contributed by atoms with E-state index in [1.54, 1.807) is 23.2 Å². The zero-order chi connectivity index (χ0) is 25.2. The number of hydrogen-bond acceptors (Lipinski definition) is 7. The maximum Gasteiger partial charge on any atom is 0.267 e. The van der Waals surface area contributed by atoms with Crippen molar-refractivity contribution < 1.29 is 9.90 Å². The van der Waals surface area contributed by atoms with Crippen LogP contribution >= 0.6 is 24.0 Å². The standard InChI is InChI=1S/C27H28N4O3S2/c1-17-9-8-14-30-24(17)29-23(28-16-21(32)18-10-4-2-5-11-18)20(25(30)33)15-22-26(34)31(27(35)36-22)19-12-6-3-7-13-19/h2,4-5,8-11,14-15,19,21,28,32H,3,6-7,12-13,16H2,1H3/b22-15-/t21-/m1/s1. The minimum absolute atomic E-state index is 0.120. The normalized spacial score (nSPS) is 18.8. The van der Waals surface area contributed by atoms with Crippen molar-refractivity contribution in [2.24, 2.45) is 0 Å². The second-order valence-electron chi connectivity index (χ2n) is 9.21. The molecule has 1 amide bonds. The molecular weight excluding hydrogens is 492 g/mol. The molecule has 2 aliphatic rings. The van der Waals surface area contributed by atoms with Crippen molar-refractivity contribution in [3.8, 4) is 0 Å². The lowest BCUT2D eigenvalue weighted by Crippen LogP contribution is -2.39. The van der Waals surface area contributed by atoms with Crippen molar-refractivity contribution >= 4 is 51.7 Å². The summed E-state index contributed by atoms with van der Waals surface area (Å²) in [6.07, 6.45) is 7.74. The average Bonchev–Trinajstić information content (AvgIpc) is 3.18. The average molecular weight is 521 g/mol. The Hall–Kier alpha value is -3.01. The highest BCUT2D eigenvalue weighted by Gasteiger charge is 2.37. The van der Waals surface area contributed by atoms with Gasteiger partial charge in [-0.15, -0.1) is 0 Å². The number of nitrogens with one attached hydrogen (secondary N) is 1. The summed E-state index contributed by atoms with van der Waals surface area (Å²) >= 11 is 6.80. The third-order valence-corrected chi connectivity index (χ3v) is 8.10. The number of nitrogens with zero attached hydrogens (tertiary/aromatic N) is 3. The topological polar surface area (TPSA) is 86.9 Å². The van der Waals surface area contributed by atoms with Gasteiger partial charge < -0.3 is 10.4 Å². The predicted octanol–water partition coefficient (Wildman–Crippen LogP) is 4.68. The third-order valence-electron chi connectivity index (χ3n) is 6.77. The molecule has 36 heavy (non-hydrogen) atoms. The van der Waals surface area contributed by atoms with E-state index < -0.39 is 6.10 Å². The number of carbonyl (C=O) groups excluding carboxylic acids is 1. The Bertz CT molecular complexity index is 1400. The van der Waals surface area contributed by atoms with E-state index in [9.17, 15) is 14.7 Å². The van der Waals surface area contributed by atoms with E-state index in [0.29, 0.717) is 20.7 Å². The van der Waals surface area contributed by atoms with Crippen LogP contribution in [0.15, 0.2) is 58.4 Å². The molecule has 3 heterocycles. The number of thioether (sulfide) groups is 1. The lowest BCUT2D eigenvalue weighted by atomic mass is 9.94. The summed E-state index contributed by atoms with van der Waals surface area (Å²) in [4.78, 5) is 33.8. The van der Waals surface area contributed by atoms with Crippen molar-refractivity contribution in [2.45, 2.75) is 51.2 Å². The van der Waals surface area contributed by atoms with Crippen LogP contribution in [0.4, 0.5) is 5.82 Å². The molecule has 2 fully saturated rings. The van der Waals surface area contributed by atoms with Gasteiger partial charge in [-0.25, -0.2) is 4.98 Å². The van der Waals surface area contributed by atoms with Gasteiger partial charge in [0.1, 0.15) is 15.8 Å². The van der Waals surface area contributed by atoms with E-state index in [1.807, 2.05) is 43.3 Å². The first kappa shape index (κ1) is 24.7. The number of aromatic nitrogens is 2. The van der Waals surface area contributed by atoms with Gasteiger partial charge in [0.05, 0.1) is 16.6 Å². The van der Waals surface area contributed by atoms with Crippen LogP contribution in [0.25, 0.3) is 11.7 Å². The van der Waals surface area contributed by atoms with E-state index in [4.69, 9.17) is 17.2 Å². The molecule has 1 aliphatic heterocycles. The van der Waals surface area contributed by atoms with Crippen molar-refractivity contribution in [3.05, 3.63) is 80.6 Å². The first-order chi connectivity index (χ1) is 17.4. The molecule has 7 nitrogen and oxygen atoms in total. The number of rotatable bonds is 6. The van der Waals surface area contributed by atoms with Crippen molar-refractivity contribution in [1.29, 1.82) is 0 Å². The van der Waals surface area contributed by atoms with E-state index in [-0.39, 0.29) is 29.6 Å². The van der Waals surface area contributed by atoms with Crippen LogP contribution in [0.2, 0.25) is 0 Å². The number of carbonyl (C=O) groups is 1. The Morgan fingerprint density at radius 3 is 2.67 bits per heavy atom. The molecule has 3 aromatic rings. The van der Waals surface area contributed by atoms with Gasteiger partial charge in [0.2, 0.25) is 0 Å². The highest BCUT2D eigenvalue weighted by atomic mass is 32.2. The van der Waals surface area contributed by atoms with E-state index in [0.717, 1.165) is 36.8 Å². The Labute approximate surface area is 219 Å². The summed E-state index contributed by atoms with van der Waals surface area (Å²) in [6, 6.07) is 13.1. The molecule has 2 aromatic heterocycles. The molecule has 5 rings (SSSR count). The van der Waals surface area contributed by atoms with E-state index >= 15 is 0 Å². The van der Waals surface area contributed by atoms with Gasteiger partial charge in [-0.1, -0.05) is 79.6 Å². The molecule has 9 heteroatoms. The van der Waals surface area contributed by atoms with Crippen molar-refractivity contribution in [1.82, 2.24) is 14.3 Å². The van der Waals surface area contributed by atoms with Gasteiger partial charge in [0, 0.05) is 18.8 Å². The number of thiocarbonyl (C=S) groups is 1. The Morgan fingerprint density at radius 1 is 1.17 bits per heavy atom. The highest BCUT2D eigenvalue weighted by Crippen LogP contribution is 2.37.